The molecule has 3 nitrogen and oxygen atoms in total. The summed E-state index contributed by atoms with van der Waals surface area (Å²) in [6, 6.07) is 61.3. The van der Waals surface area contributed by atoms with Crippen LogP contribution in [0.4, 0.5) is 17.1 Å². The third-order valence-corrected chi connectivity index (χ3v) is 11.3. The fourth-order valence-electron chi connectivity index (χ4n) is 8.04. The van der Waals surface area contributed by atoms with Gasteiger partial charge in [-0.05, 0) is 72.1 Å². The number of nitrogens with zero attached hydrogens (tertiary/aromatic N) is 2. The zero-order valence-corrected chi connectivity index (χ0v) is 27.7. The lowest BCUT2D eigenvalue weighted by Crippen LogP contribution is -2.11. The Labute approximate surface area is 291 Å². The summed E-state index contributed by atoms with van der Waals surface area (Å²) in [5, 5.41) is 9.63. The summed E-state index contributed by atoms with van der Waals surface area (Å²) < 4.78 is 11.3. The van der Waals surface area contributed by atoms with Crippen molar-refractivity contribution in [2.45, 2.75) is 0 Å². The summed E-state index contributed by atoms with van der Waals surface area (Å²) in [7, 11) is 0. The smallest absolute Gasteiger partial charge is 0.135 e. The molecule has 0 aliphatic heterocycles. The molecular weight excluding hydrogens is 629 g/mol. The van der Waals surface area contributed by atoms with E-state index in [1.165, 1.54) is 58.4 Å². The first-order valence-corrected chi connectivity index (χ1v) is 17.8. The molecule has 0 atom stereocenters. The van der Waals surface area contributed by atoms with Gasteiger partial charge in [-0.2, -0.15) is 0 Å². The molecule has 0 aliphatic carbocycles. The number of fused-ring (bicyclic) bond motifs is 10. The molecule has 0 bridgehead atoms. The van der Waals surface area contributed by atoms with Crippen LogP contribution in [0.5, 0.6) is 0 Å². The second-order valence-corrected chi connectivity index (χ2v) is 14.0. The van der Waals surface area contributed by atoms with Gasteiger partial charge in [-0.3, -0.25) is 0 Å². The molecule has 11 aromatic rings. The molecule has 0 unspecified atom stereocenters. The van der Waals surface area contributed by atoms with Crippen molar-refractivity contribution in [3.05, 3.63) is 170 Å². The van der Waals surface area contributed by atoms with Crippen LogP contribution in [0.25, 0.3) is 80.4 Å². The van der Waals surface area contributed by atoms with Crippen LogP contribution in [0.1, 0.15) is 0 Å². The maximum Gasteiger partial charge on any atom is 0.135 e. The monoisotopic (exact) mass is 656 g/mol. The van der Waals surface area contributed by atoms with Crippen molar-refractivity contribution in [3.8, 4) is 5.69 Å². The van der Waals surface area contributed by atoms with Crippen molar-refractivity contribution in [1.82, 2.24) is 4.57 Å². The van der Waals surface area contributed by atoms with Gasteiger partial charge in [0.15, 0.2) is 0 Å². The third kappa shape index (κ3) is 3.91. The highest BCUT2D eigenvalue weighted by Crippen LogP contribution is 2.51. The highest BCUT2D eigenvalue weighted by molar-refractivity contribution is 7.26. The number of rotatable bonds is 4. The molecule has 50 heavy (non-hydrogen) atoms. The minimum atomic E-state index is 0.887. The number of para-hydroxylation sites is 3. The Balaban J connectivity index is 1.34. The van der Waals surface area contributed by atoms with Crippen LogP contribution in [0.2, 0.25) is 0 Å². The van der Waals surface area contributed by atoms with Crippen LogP contribution >= 0.6 is 11.3 Å². The van der Waals surface area contributed by atoms with Gasteiger partial charge in [0.2, 0.25) is 0 Å². The molecular formula is C46H28N2OS. The molecule has 0 spiro atoms. The maximum absolute atomic E-state index is 6.34. The lowest BCUT2D eigenvalue weighted by Gasteiger charge is -2.29. The predicted octanol–water partition coefficient (Wildman–Crippen LogP) is 13.7. The summed E-state index contributed by atoms with van der Waals surface area (Å²) in [4.78, 5) is 2.52. The number of anilines is 3. The average Bonchev–Trinajstić information content (AvgIpc) is 3.84. The zero-order chi connectivity index (χ0) is 32.8. The van der Waals surface area contributed by atoms with Gasteiger partial charge >= 0.3 is 0 Å². The van der Waals surface area contributed by atoms with Crippen LogP contribution in [0.15, 0.2) is 174 Å². The van der Waals surface area contributed by atoms with E-state index in [1.54, 1.807) is 0 Å². The zero-order valence-electron chi connectivity index (χ0n) is 26.9. The molecule has 0 aliphatic rings. The van der Waals surface area contributed by atoms with E-state index in [-0.39, 0.29) is 0 Å². The topological polar surface area (TPSA) is 21.3 Å². The summed E-state index contributed by atoms with van der Waals surface area (Å²) in [5.74, 6) is 0. The van der Waals surface area contributed by atoms with Gasteiger partial charge in [0.1, 0.15) is 11.2 Å². The summed E-state index contributed by atoms with van der Waals surface area (Å²) >= 11 is 1.87. The normalized spacial score (nSPS) is 12.0. The molecule has 3 heterocycles. The minimum absolute atomic E-state index is 0.887. The van der Waals surface area contributed by atoms with Gasteiger partial charge in [-0.25, -0.2) is 0 Å². The van der Waals surface area contributed by atoms with Crippen molar-refractivity contribution in [2.75, 3.05) is 4.90 Å². The molecule has 0 radical (unpaired) electrons. The summed E-state index contributed by atoms with van der Waals surface area (Å²) in [5.41, 5.74) is 8.68. The fourth-order valence-corrected chi connectivity index (χ4v) is 9.20. The third-order valence-electron chi connectivity index (χ3n) is 10.1. The number of benzene rings is 8. The quantitative estimate of drug-likeness (QED) is 0.188. The molecule has 0 N–H and O–H groups in total. The van der Waals surface area contributed by atoms with E-state index in [0.29, 0.717) is 0 Å². The molecule has 3 aromatic heterocycles. The molecule has 11 rings (SSSR count). The van der Waals surface area contributed by atoms with Crippen molar-refractivity contribution in [2.24, 2.45) is 0 Å². The van der Waals surface area contributed by atoms with Gasteiger partial charge in [-0.15, -0.1) is 11.3 Å². The summed E-state index contributed by atoms with van der Waals surface area (Å²) in [6.45, 7) is 0. The van der Waals surface area contributed by atoms with Crippen LogP contribution in [0.3, 0.4) is 0 Å². The van der Waals surface area contributed by atoms with Crippen LogP contribution in [0, 0.1) is 0 Å². The Kier molecular flexibility index (Phi) is 5.83. The Morgan fingerprint density at radius 1 is 0.460 bits per heavy atom. The van der Waals surface area contributed by atoms with E-state index in [9.17, 15) is 0 Å². The highest BCUT2D eigenvalue weighted by Gasteiger charge is 2.26. The molecule has 4 heteroatoms. The van der Waals surface area contributed by atoms with E-state index in [0.717, 1.165) is 39.0 Å². The maximum atomic E-state index is 6.34. The molecule has 0 fully saturated rings. The van der Waals surface area contributed by atoms with Crippen molar-refractivity contribution in [3.63, 3.8) is 0 Å². The van der Waals surface area contributed by atoms with Crippen molar-refractivity contribution < 1.29 is 4.42 Å². The molecule has 0 amide bonds. The standard InChI is InChI=1S/C46H28N2OS/c1-2-14-30(15-3-1)47-37-20-9-6-18-34(37)44-38(47)21-12-22-39(44)48(31-25-26-41-36(28-31)33-17-7-10-23-40(33)49-41)46-32-16-5-4-13-29(32)27-43-45(46)35-19-8-11-24-42(35)50-43/h1-28H. The van der Waals surface area contributed by atoms with E-state index >= 15 is 0 Å². The fraction of sp³-hybridized carbons (Fsp3) is 0. The van der Waals surface area contributed by atoms with E-state index in [1.807, 2.05) is 17.4 Å². The first-order chi connectivity index (χ1) is 24.8. The highest BCUT2D eigenvalue weighted by atomic mass is 32.1. The Morgan fingerprint density at radius 2 is 1.16 bits per heavy atom. The average molecular weight is 657 g/mol. The van der Waals surface area contributed by atoms with Gasteiger partial charge in [-0.1, -0.05) is 103 Å². The number of hydrogen-bond donors (Lipinski definition) is 0. The van der Waals surface area contributed by atoms with Gasteiger partial charge in [0, 0.05) is 58.5 Å². The number of hydrogen-bond acceptors (Lipinski definition) is 3. The first-order valence-electron chi connectivity index (χ1n) is 16.9. The Morgan fingerprint density at radius 3 is 2.06 bits per heavy atom. The van der Waals surface area contributed by atoms with E-state index in [2.05, 4.69) is 173 Å². The minimum Gasteiger partial charge on any atom is -0.456 e. The Bertz CT molecular complexity index is 3110. The van der Waals surface area contributed by atoms with E-state index in [4.69, 9.17) is 4.42 Å². The van der Waals surface area contributed by atoms with Crippen LogP contribution in [-0.4, -0.2) is 4.57 Å². The first kappa shape index (κ1) is 27.6. The lowest BCUT2D eigenvalue weighted by molar-refractivity contribution is 0.669. The predicted molar refractivity (Wildman–Crippen MR) is 213 cm³/mol. The molecule has 0 saturated heterocycles. The number of aromatic nitrogens is 1. The summed E-state index contributed by atoms with van der Waals surface area (Å²) in [6.07, 6.45) is 0. The van der Waals surface area contributed by atoms with Gasteiger partial charge < -0.3 is 13.9 Å². The largest absolute Gasteiger partial charge is 0.456 e. The van der Waals surface area contributed by atoms with E-state index < -0.39 is 0 Å². The SMILES string of the molecule is c1ccc(-n2c3ccccc3c3c(N(c4ccc5oc6ccccc6c5c4)c4c5ccccc5cc5sc6ccccc6c45)cccc32)cc1. The van der Waals surface area contributed by atoms with Crippen molar-refractivity contribution in [1.29, 1.82) is 0 Å². The molecule has 0 saturated carbocycles. The van der Waals surface area contributed by atoms with Crippen molar-refractivity contribution >= 4 is 103 Å². The van der Waals surface area contributed by atoms with Gasteiger partial charge in [0.25, 0.3) is 0 Å². The van der Waals surface area contributed by atoms with Gasteiger partial charge in [0.05, 0.1) is 22.4 Å². The Hall–Kier alpha value is -6.36. The second-order valence-electron chi connectivity index (χ2n) is 12.9. The number of thiophene rings is 1. The number of furan rings is 1. The second kappa shape index (κ2) is 10.6. The lowest BCUT2D eigenvalue weighted by atomic mass is 9.99. The molecule has 234 valence electrons. The molecule has 8 aromatic carbocycles. The van der Waals surface area contributed by atoms with Crippen LogP contribution < -0.4 is 4.90 Å². The van der Waals surface area contributed by atoms with Crippen LogP contribution in [-0.2, 0) is 0 Å².